The Morgan fingerprint density at radius 1 is 1.26 bits per heavy atom. The van der Waals surface area contributed by atoms with E-state index in [1.54, 1.807) is 6.07 Å². The zero-order chi connectivity index (χ0) is 13.9. The van der Waals surface area contributed by atoms with Crippen LogP contribution in [0.3, 0.4) is 0 Å². The van der Waals surface area contributed by atoms with Crippen molar-refractivity contribution in [3.05, 3.63) is 35.4 Å². The van der Waals surface area contributed by atoms with Crippen LogP contribution >= 0.6 is 0 Å². The molecule has 0 heterocycles. The first-order chi connectivity index (χ1) is 8.95. The molecule has 1 saturated carbocycles. The van der Waals surface area contributed by atoms with Crippen LogP contribution in [-0.2, 0) is 12.7 Å². The van der Waals surface area contributed by atoms with Crippen molar-refractivity contribution in [2.45, 2.75) is 45.3 Å². The van der Waals surface area contributed by atoms with Gasteiger partial charge < -0.3 is 5.32 Å². The lowest BCUT2D eigenvalue weighted by Gasteiger charge is -2.15. The zero-order valence-corrected chi connectivity index (χ0v) is 11.2. The summed E-state index contributed by atoms with van der Waals surface area (Å²) < 4.78 is 37.7. The molecular formula is C15H20F3N. The molecule has 1 aliphatic rings. The Morgan fingerprint density at radius 3 is 2.58 bits per heavy atom. The van der Waals surface area contributed by atoms with Crippen LogP contribution < -0.4 is 5.32 Å². The summed E-state index contributed by atoms with van der Waals surface area (Å²) in [5.74, 6) is 0. The van der Waals surface area contributed by atoms with Gasteiger partial charge in [0.1, 0.15) is 0 Å². The Labute approximate surface area is 112 Å². The SMILES string of the molecule is CCCC1(CNCc2cccc(C(F)(F)F)c2)CC1. The van der Waals surface area contributed by atoms with Gasteiger partial charge in [0.25, 0.3) is 0 Å². The highest BCUT2D eigenvalue weighted by Crippen LogP contribution is 2.48. The average molecular weight is 271 g/mol. The van der Waals surface area contributed by atoms with Gasteiger partial charge in [0.2, 0.25) is 0 Å². The summed E-state index contributed by atoms with van der Waals surface area (Å²) in [5.41, 5.74) is 0.555. The Hall–Kier alpha value is -1.03. The smallest absolute Gasteiger partial charge is 0.312 e. The van der Waals surface area contributed by atoms with Crippen LogP contribution in [0.1, 0.15) is 43.7 Å². The fourth-order valence-corrected chi connectivity index (χ4v) is 2.55. The van der Waals surface area contributed by atoms with Crippen LogP contribution in [-0.4, -0.2) is 6.54 Å². The highest BCUT2D eigenvalue weighted by molar-refractivity contribution is 5.25. The van der Waals surface area contributed by atoms with E-state index in [-0.39, 0.29) is 0 Å². The first kappa shape index (κ1) is 14.4. The van der Waals surface area contributed by atoms with E-state index in [9.17, 15) is 13.2 Å². The van der Waals surface area contributed by atoms with Crippen LogP contribution in [0, 0.1) is 5.41 Å². The number of hydrogen-bond acceptors (Lipinski definition) is 1. The van der Waals surface area contributed by atoms with Crippen LogP contribution in [0.25, 0.3) is 0 Å². The molecule has 0 unspecified atom stereocenters. The standard InChI is InChI=1S/C15H20F3N/c1-2-6-14(7-8-14)11-19-10-12-4-3-5-13(9-12)15(16,17)18/h3-5,9,19H,2,6-8,10-11H2,1H3. The number of hydrogen-bond donors (Lipinski definition) is 1. The Balaban J connectivity index is 1.86. The molecule has 2 rings (SSSR count). The lowest BCUT2D eigenvalue weighted by molar-refractivity contribution is -0.137. The molecule has 0 saturated heterocycles. The maximum Gasteiger partial charge on any atom is 0.416 e. The molecule has 19 heavy (non-hydrogen) atoms. The molecule has 0 amide bonds. The normalized spacial score (nSPS) is 17.5. The van der Waals surface area contributed by atoms with E-state index >= 15 is 0 Å². The highest BCUT2D eigenvalue weighted by Gasteiger charge is 2.40. The van der Waals surface area contributed by atoms with Crippen molar-refractivity contribution in [3.8, 4) is 0 Å². The highest BCUT2D eigenvalue weighted by atomic mass is 19.4. The van der Waals surface area contributed by atoms with Crippen molar-refractivity contribution in [3.63, 3.8) is 0 Å². The predicted octanol–water partition coefficient (Wildman–Crippen LogP) is 4.38. The third-order valence-corrected chi connectivity index (χ3v) is 3.82. The molecule has 0 aliphatic heterocycles. The van der Waals surface area contributed by atoms with Crippen molar-refractivity contribution in [2.75, 3.05) is 6.54 Å². The second-order valence-electron chi connectivity index (χ2n) is 5.55. The van der Waals surface area contributed by atoms with Gasteiger partial charge >= 0.3 is 6.18 Å². The van der Waals surface area contributed by atoms with Gasteiger partial charge in [-0.2, -0.15) is 13.2 Å². The van der Waals surface area contributed by atoms with E-state index in [2.05, 4.69) is 12.2 Å². The monoisotopic (exact) mass is 271 g/mol. The molecule has 0 bridgehead atoms. The molecule has 1 aromatic rings. The summed E-state index contributed by atoms with van der Waals surface area (Å²) in [5, 5.41) is 3.30. The first-order valence-corrected chi connectivity index (χ1v) is 6.82. The zero-order valence-electron chi connectivity index (χ0n) is 11.2. The van der Waals surface area contributed by atoms with Crippen molar-refractivity contribution < 1.29 is 13.2 Å². The second kappa shape index (κ2) is 5.53. The topological polar surface area (TPSA) is 12.0 Å². The van der Waals surface area contributed by atoms with Gasteiger partial charge in [0.05, 0.1) is 5.56 Å². The van der Waals surface area contributed by atoms with Crippen molar-refractivity contribution >= 4 is 0 Å². The Morgan fingerprint density at radius 2 is 2.00 bits per heavy atom. The van der Waals surface area contributed by atoms with Gasteiger partial charge in [0, 0.05) is 13.1 Å². The number of alkyl halides is 3. The molecule has 0 atom stereocenters. The third-order valence-electron chi connectivity index (χ3n) is 3.82. The summed E-state index contributed by atoms with van der Waals surface area (Å²) in [6, 6.07) is 5.55. The molecule has 0 spiro atoms. The maximum absolute atomic E-state index is 12.6. The fourth-order valence-electron chi connectivity index (χ4n) is 2.55. The lowest BCUT2D eigenvalue weighted by atomic mass is 10.0. The molecule has 0 aromatic heterocycles. The quantitative estimate of drug-likeness (QED) is 0.810. The molecule has 0 radical (unpaired) electrons. The van der Waals surface area contributed by atoms with E-state index < -0.39 is 11.7 Å². The molecule has 1 nitrogen and oxygen atoms in total. The van der Waals surface area contributed by atoms with Gasteiger partial charge in [-0.1, -0.05) is 31.5 Å². The van der Waals surface area contributed by atoms with Crippen LogP contribution in [0.5, 0.6) is 0 Å². The van der Waals surface area contributed by atoms with Crippen LogP contribution in [0.2, 0.25) is 0 Å². The van der Waals surface area contributed by atoms with E-state index in [4.69, 9.17) is 0 Å². The summed E-state index contributed by atoms with van der Waals surface area (Å²) >= 11 is 0. The minimum Gasteiger partial charge on any atom is -0.312 e. The van der Waals surface area contributed by atoms with Crippen LogP contribution in [0.4, 0.5) is 13.2 Å². The van der Waals surface area contributed by atoms with Crippen molar-refractivity contribution in [2.24, 2.45) is 5.41 Å². The molecule has 1 aromatic carbocycles. The largest absolute Gasteiger partial charge is 0.416 e. The minimum atomic E-state index is -4.25. The third kappa shape index (κ3) is 3.96. The lowest BCUT2D eigenvalue weighted by Crippen LogP contribution is -2.23. The fraction of sp³-hybridized carbons (Fsp3) is 0.600. The van der Waals surface area contributed by atoms with Gasteiger partial charge in [-0.3, -0.25) is 0 Å². The van der Waals surface area contributed by atoms with Crippen molar-refractivity contribution in [1.29, 1.82) is 0 Å². The molecule has 4 heteroatoms. The molecular weight excluding hydrogens is 251 g/mol. The van der Waals surface area contributed by atoms with Crippen molar-refractivity contribution in [1.82, 2.24) is 5.32 Å². The average Bonchev–Trinajstić information content (AvgIpc) is 3.09. The number of nitrogens with one attached hydrogen (secondary N) is 1. The van der Waals surface area contributed by atoms with Crippen LogP contribution in [0.15, 0.2) is 24.3 Å². The first-order valence-electron chi connectivity index (χ1n) is 6.82. The van der Waals surface area contributed by atoms with Gasteiger partial charge in [-0.25, -0.2) is 0 Å². The molecule has 1 fully saturated rings. The second-order valence-corrected chi connectivity index (χ2v) is 5.55. The maximum atomic E-state index is 12.6. The van der Waals surface area contributed by atoms with E-state index in [1.165, 1.54) is 37.8 Å². The number of benzene rings is 1. The predicted molar refractivity (Wildman–Crippen MR) is 69.7 cm³/mol. The Kier molecular flexibility index (Phi) is 4.19. The molecule has 1 aliphatic carbocycles. The summed E-state index contributed by atoms with van der Waals surface area (Å²) in [7, 11) is 0. The Bertz CT molecular complexity index is 422. The molecule has 1 N–H and O–H groups in total. The number of halogens is 3. The summed E-state index contributed by atoms with van der Waals surface area (Å²) in [4.78, 5) is 0. The molecule has 106 valence electrons. The van der Waals surface area contributed by atoms with Gasteiger partial charge in [-0.05, 0) is 36.3 Å². The van der Waals surface area contributed by atoms with E-state index in [0.29, 0.717) is 17.5 Å². The number of rotatable bonds is 6. The van der Waals surface area contributed by atoms with E-state index in [0.717, 1.165) is 12.6 Å². The summed E-state index contributed by atoms with van der Waals surface area (Å²) in [6.07, 6.45) is 0.622. The van der Waals surface area contributed by atoms with Gasteiger partial charge in [-0.15, -0.1) is 0 Å². The van der Waals surface area contributed by atoms with E-state index in [1.807, 2.05) is 0 Å². The summed E-state index contributed by atoms with van der Waals surface area (Å²) in [6.45, 7) is 3.60. The minimum absolute atomic E-state index is 0.427. The van der Waals surface area contributed by atoms with Gasteiger partial charge in [0.15, 0.2) is 0 Å².